The van der Waals surface area contributed by atoms with Gasteiger partial charge in [0, 0.05) is 11.9 Å². The van der Waals surface area contributed by atoms with Crippen molar-refractivity contribution in [2.75, 3.05) is 5.88 Å². The molecule has 76 valence electrons. The zero-order valence-corrected chi connectivity index (χ0v) is 8.39. The Bertz CT molecular complexity index is 173. The monoisotopic (exact) mass is 205 g/mol. The van der Waals surface area contributed by atoms with Gasteiger partial charge >= 0.3 is 6.09 Å². The first-order valence-electron chi connectivity index (χ1n) is 4.77. The first kappa shape index (κ1) is 10.6. The molecule has 0 bridgehead atoms. The van der Waals surface area contributed by atoms with Crippen molar-refractivity contribution >= 4 is 17.7 Å². The minimum absolute atomic E-state index is 0.152. The number of nitrogens with one attached hydrogen (secondary N) is 1. The molecule has 2 atom stereocenters. The second-order valence-electron chi connectivity index (χ2n) is 3.66. The van der Waals surface area contributed by atoms with E-state index in [1.54, 1.807) is 0 Å². The highest BCUT2D eigenvalue weighted by molar-refractivity contribution is 6.17. The third-order valence-corrected chi connectivity index (χ3v) is 2.85. The Morgan fingerprint density at radius 2 is 2.31 bits per heavy atom. The number of alkyl halides is 1. The van der Waals surface area contributed by atoms with E-state index in [1.165, 1.54) is 6.42 Å². The maximum Gasteiger partial charge on any atom is 0.404 e. The Balaban J connectivity index is 2.28. The molecular weight excluding hydrogens is 190 g/mol. The van der Waals surface area contributed by atoms with Crippen LogP contribution in [0.2, 0.25) is 0 Å². The molecule has 1 rings (SSSR count). The maximum absolute atomic E-state index is 10.4. The molecule has 0 radical (unpaired) electrons. The molecule has 13 heavy (non-hydrogen) atoms. The van der Waals surface area contributed by atoms with Crippen LogP contribution in [0.1, 0.15) is 32.1 Å². The largest absolute Gasteiger partial charge is 0.465 e. The van der Waals surface area contributed by atoms with E-state index in [9.17, 15) is 4.79 Å². The summed E-state index contributed by atoms with van der Waals surface area (Å²) in [6.07, 6.45) is 4.36. The molecule has 0 aromatic heterocycles. The normalized spacial score (nSPS) is 28.4. The highest BCUT2D eigenvalue weighted by Crippen LogP contribution is 2.26. The van der Waals surface area contributed by atoms with Gasteiger partial charge in [0.2, 0.25) is 0 Å². The van der Waals surface area contributed by atoms with Crippen LogP contribution in [0.5, 0.6) is 0 Å². The second kappa shape index (κ2) is 5.32. The third kappa shape index (κ3) is 3.85. The molecule has 1 aliphatic rings. The van der Waals surface area contributed by atoms with Crippen LogP contribution in [0.4, 0.5) is 4.79 Å². The lowest BCUT2D eigenvalue weighted by atomic mass is 9.84. The smallest absolute Gasteiger partial charge is 0.404 e. The van der Waals surface area contributed by atoms with Crippen LogP contribution in [0.3, 0.4) is 0 Å². The van der Waals surface area contributed by atoms with Crippen LogP contribution in [0.25, 0.3) is 0 Å². The summed E-state index contributed by atoms with van der Waals surface area (Å²) < 4.78 is 0. The van der Waals surface area contributed by atoms with E-state index in [1.807, 2.05) is 0 Å². The Hall–Kier alpha value is -0.440. The highest BCUT2D eigenvalue weighted by atomic mass is 35.5. The van der Waals surface area contributed by atoms with E-state index in [0.29, 0.717) is 11.8 Å². The van der Waals surface area contributed by atoms with Crippen LogP contribution in [-0.4, -0.2) is 23.1 Å². The standard InChI is InChI=1S/C9H16ClNO2/c10-5-4-7-2-1-3-8(6-7)11-9(12)13/h7-8,11H,1-6H2,(H,12,13). The quantitative estimate of drug-likeness (QED) is 0.696. The molecule has 2 unspecified atom stereocenters. The van der Waals surface area contributed by atoms with Crippen molar-refractivity contribution in [2.45, 2.75) is 38.1 Å². The van der Waals surface area contributed by atoms with E-state index in [4.69, 9.17) is 16.7 Å². The summed E-state index contributed by atoms with van der Waals surface area (Å²) in [5, 5.41) is 11.1. The molecule has 0 saturated heterocycles. The van der Waals surface area contributed by atoms with Crippen molar-refractivity contribution in [2.24, 2.45) is 5.92 Å². The third-order valence-electron chi connectivity index (χ3n) is 2.63. The van der Waals surface area contributed by atoms with Crippen LogP contribution in [0, 0.1) is 5.92 Å². The van der Waals surface area contributed by atoms with Gasteiger partial charge in [0.05, 0.1) is 0 Å². The number of hydrogen-bond donors (Lipinski definition) is 2. The van der Waals surface area contributed by atoms with Gasteiger partial charge in [-0.05, 0) is 25.2 Å². The first-order chi connectivity index (χ1) is 6.22. The Morgan fingerprint density at radius 1 is 1.54 bits per heavy atom. The summed E-state index contributed by atoms with van der Waals surface area (Å²) in [6, 6.07) is 0.152. The summed E-state index contributed by atoms with van der Waals surface area (Å²) in [6.45, 7) is 0. The summed E-state index contributed by atoms with van der Waals surface area (Å²) in [5.41, 5.74) is 0. The first-order valence-corrected chi connectivity index (χ1v) is 5.31. The number of amides is 1. The second-order valence-corrected chi connectivity index (χ2v) is 4.03. The van der Waals surface area contributed by atoms with Crippen molar-refractivity contribution in [3.63, 3.8) is 0 Å². The summed E-state index contributed by atoms with van der Waals surface area (Å²) in [7, 11) is 0. The van der Waals surface area contributed by atoms with E-state index in [2.05, 4.69) is 5.32 Å². The van der Waals surface area contributed by atoms with Crippen LogP contribution in [0.15, 0.2) is 0 Å². The molecule has 3 nitrogen and oxygen atoms in total. The van der Waals surface area contributed by atoms with Gasteiger partial charge in [0.25, 0.3) is 0 Å². The molecule has 1 fully saturated rings. The minimum atomic E-state index is -0.906. The lowest BCUT2D eigenvalue weighted by molar-refractivity contribution is 0.181. The van der Waals surface area contributed by atoms with Gasteiger partial charge in [0.15, 0.2) is 0 Å². The van der Waals surface area contributed by atoms with Gasteiger partial charge in [-0.2, -0.15) is 0 Å². The zero-order valence-electron chi connectivity index (χ0n) is 7.63. The van der Waals surface area contributed by atoms with Crippen molar-refractivity contribution in [3.05, 3.63) is 0 Å². The van der Waals surface area contributed by atoms with Crippen molar-refractivity contribution < 1.29 is 9.90 Å². The number of halogens is 1. The van der Waals surface area contributed by atoms with Gasteiger partial charge in [-0.1, -0.05) is 12.8 Å². The van der Waals surface area contributed by atoms with Gasteiger partial charge in [-0.3, -0.25) is 0 Å². The van der Waals surface area contributed by atoms with Gasteiger partial charge in [-0.25, -0.2) is 4.79 Å². The summed E-state index contributed by atoms with van der Waals surface area (Å²) in [5.74, 6) is 1.30. The molecular formula is C9H16ClNO2. The predicted octanol–water partition coefficient (Wildman–Crippen LogP) is 2.44. The van der Waals surface area contributed by atoms with Crippen molar-refractivity contribution in [1.82, 2.24) is 5.32 Å². The molecule has 4 heteroatoms. The minimum Gasteiger partial charge on any atom is -0.465 e. The maximum atomic E-state index is 10.4. The van der Waals surface area contributed by atoms with Crippen LogP contribution < -0.4 is 5.32 Å². The van der Waals surface area contributed by atoms with Gasteiger partial charge in [0.1, 0.15) is 0 Å². The zero-order chi connectivity index (χ0) is 9.68. The van der Waals surface area contributed by atoms with E-state index in [-0.39, 0.29) is 6.04 Å². The molecule has 0 aliphatic heterocycles. The number of rotatable bonds is 3. The Morgan fingerprint density at radius 3 is 2.92 bits per heavy atom. The van der Waals surface area contributed by atoms with Crippen LogP contribution in [-0.2, 0) is 0 Å². The number of carbonyl (C=O) groups is 1. The lowest BCUT2D eigenvalue weighted by Gasteiger charge is -2.28. The SMILES string of the molecule is O=C(O)NC1CCCC(CCCl)C1. The average molecular weight is 206 g/mol. The molecule has 1 saturated carbocycles. The lowest BCUT2D eigenvalue weighted by Crippen LogP contribution is -2.37. The number of hydrogen-bond acceptors (Lipinski definition) is 1. The fraction of sp³-hybridized carbons (Fsp3) is 0.889. The molecule has 1 aliphatic carbocycles. The molecule has 2 N–H and O–H groups in total. The van der Waals surface area contributed by atoms with Crippen molar-refractivity contribution in [3.8, 4) is 0 Å². The Labute approximate surface area is 83.5 Å². The topological polar surface area (TPSA) is 49.3 Å². The van der Waals surface area contributed by atoms with Gasteiger partial charge < -0.3 is 10.4 Å². The highest BCUT2D eigenvalue weighted by Gasteiger charge is 2.22. The van der Waals surface area contributed by atoms with Crippen LogP contribution >= 0.6 is 11.6 Å². The molecule has 0 heterocycles. The fourth-order valence-corrected chi connectivity index (χ4v) is 2.32. The van der Waals surface area contributed by atoms with Gasteiger partial charge in [-0.15, -0.1) is 11.6 Å². The summed E-state index contributed by atoms with van der Waals surface area (Å²) >= 11 is 5.65. The average Bonchev–Trinajstić information content (AvgIpc) is 2.04. The molecule has 0 spiro atoms. The number of carboxylic acid groups (broad SMARTS) is 1. The van der Waals surface area contributed by atoms with E-state index < -0.39 is 6.09 Å². The molecule has 0 aromatic carbocycles. The molecule has 1 amide bonds. The summed E-state index contributed by atoms with van der Waals surface area (Å²) in [4.78, 5) is 10.4. The van der Waals surface area contributed by atoms with E-state index >= 15 is 0 Å². The fourth-order valence-electron chi connectivity index (χ4n) is 2.01. The van der Waals surface area contributed by atoms with Crippen molar-refractivity contribution in [1.29, 1.82) is 0 Å². The Kier molecular flexibility index (Phi) is 4.36. The molecule has 0 aromatic rings. The predicted molar refractivity (Wildman–Crippen MR) is 52.2 cm³/mol. The van der Waals surface area contributed by atoms with E-state index in [0.717, 1.165) is 25.7 Å².